The van der Waals surface area contributed by atoms with E-state index in [1.165, 1.54) is 4.90 Å². The summed E-state index contributed by atoms with van der Waals surface area (Å²) >= 11 is 24.8. The number of benzene rings is 3. The van der Waals surface area contributed by atoms with Crippen LogP contribution in [0.2, 0.25) is 20.1 Å². The van der Waals surface area contributed by atoms with Crippen molar-refractivity contribution in [1.82, 2.24) is 15.1 Å². The Labute approximate surface area is 325 Å². The lowest BCUT2D eigenvalue weighted by molar-refractivity contribution is -0.136. The lowest BCUT2D eigenvalue weighted by Gasteiger charge is -2.33. The van der Waals surface area contributed by atoms with E-state index in [0.717, 1.165) is 18.4 Å². The molecule has 276 valence electrons. The summed E-state index contributed by atoms with van der Waals surface area (Å²) in [6, 6.07) is 18.6. The Morgan fingerprint density at radius 2 is 1.35 bits per heavy atom. The van der Waals surface area contributed by atoms with Crippen molar-refractivity contribution in [1.29, 1.82) is 0 Å². The zero-order chi connectivity index (χ0) is 38.0. The molecule has 0 spiro atoms. The molecule has 1 fully saturated rings. The molecule has 0 unspecified atom stereocenters. The second-order valence-corrected chi connectivity index (χ2v) is 15.4. The number of rotatable bonds is 13. The summed E-state index contributed by atoms with van der Waals surface area (Å²) in [7, 11) is 0. The fraction of sp³-hybridized carbons (Fsp3) is 0.350. The van der Waals surface area contributed by atoms with Gasteiger partial charge >= 0.3 is 6.09 Å². The van der Waals surface area contributed by atoms with E-state index in [9.17, 15) is 24.3 Å². The second-order valence-electron chi connectivity index (χ2n) is 13.8. The molecule has 2 N–H and O–H groups in total. The van der Waals surface area contributed by atoms with Crippen LogP contribution in [0.5, 0.6) is 0 Å². The maximum absolute atomic E-state index is 14.4. The van der Waals surface area contributed by atoms with Gasteiger partial charge in [-0.25, -0.2) is 4.79 Å². The summed E-state index contributed by atoms with van der Waals surface area (Å²) in [6.07, 6.45) is 5.67. The number of carbonyl (C=O) groups excluding carboxylic acids is 3. The third-order valence-corrected chi connectivity index (χ3v) is 10.2. The Hall–Kier alpha value is -3.82. The number of Topliss-reactive ketones (excluding diaryl/α,β-unsaturated/α-hetero) is 1. The number of halogens is 4. The minimum absolute atomic E-state index is 0.0136. The van der Waals surface area contributed by atoms with Crippen molar-refractivity contribution in [2.45, 2.75) is 70.9 Å². The smallest absolute Gasteiger partial charge is 0.407 e. The van der Waals surface area contributed by atoms with Crippen molar-refractivity contribution in [3.05, 3.63) is 115 Å². The topological polar surface area (TPSA) is 107 Å². The first-order valence-corrected chi connectivity index (χ1v) is 18.6. The average molecular weight is 788 g/mol. The van der Waals surface area contributed by atoms with Gasteiger partial charge in [-0.2, -0.15) is 0 Å². The first kappa shape index (κ1) is 40.9. The third kappa shape index (κ3) is 11.9. The number of nitrogens with zero attached hydrogens (tertiary/aromatic N) is 2. The Morgan fingerprint density at radius 3 is 1.85 bits per heavy atom. The van der Waals surface area contributed by atoms with Crippen LogP contribution >= 0.6 is 46.4 Å². The molecule has 1 heterocycles. The van der Waals surface area contributed by atoms with E-state index in [0.29, 0.717) is 61.8 Å². The van der Waals surface area contributed by atoms with Crippen LogP contribution in [-0.4, -0.2) is 69.8 Å². The van der Waals surface area contributed by atoms with Crippen LogP contribution in [0, 0.1) is 0 Å². The number of piperidine rings is 1. The van der Waals surface area contributed by atoms with Crippen molar-refractivity contribution in [3.63, 3.8) is 0 Å². The van der Waals surface area contributed by atoms with Crippen molar-refractivity contribution in [2.75, 3.05) is 19.6 Å². The standard InChI is InChI=1S/C40H43Cl4N3O5/c1-40(2,3)47(39(51)52)18-10-5-4-9-13-36(48)45-35(23-26-11-7-6-8-12-26)38(50)46-24-29(19-27-14-16-31(41)33(43)21-27)37(49)30(25-46)20-28-15-17-32(42)34(44)22-28/h6-8,11-12,14-17,19-22,35H,4-5,9-10,13,18,23-25H2,1-3H3,(H,45,48)(H,51,52)/b29-19+,30-20+/t35-/m0/s1. The molecule has 3 amide bonds. The highest BCUT2D eigenvalue weighted by atomic mass is 35.5. The maximum Gasteiger partial charge on any atom is 0.407 e. The van der Waals surface area contributed by atoms with E-state index in [-0.39, 0.29) is 43.5 Å². The van der Waals surface area contributed by atoms with Crippen LogP contribution in [-0.2, 0) is 20.8 Å². The quantitative estimate of drug-likeness (QED) is 0.133. The van der Waals surface area contributed by atoms with E-state index in [4.69, 9.17) is 46.4 Å². The van der Waals surface area contributed by atoms with Crippen molar-refractivity contribution in [2.24, 2.45) is 0 Å². The highest BCUT2D eigenvalue weighted by Gasteiger charge is 2.33. The lowest BCUT2D eigenvalue weighted by Crippen LogP contribution is -2.52. The van der Waals surface area contributed by atoms with Gasteiger partial charge in [0.25, 0.3) is 0 Å². The molecule has 3 aromatic rings. The molecule has 1 atom stereocenters. The molecule has 1 saturated heterocycles. The molecule has 12 heteroatoms. The zero-order valence-electron chi connectivity index (χ0n) is 29.4. The average Bonchev–Trinajstić information content (AvgIpc) is 3.08. The molecule has 0 bridgehead atoms. The number of amides is 3. The van der Waals surface area contributed by atoms with Crippen LogP contribution in [0.3, 0.4) is 0 Å². The second kappa shape index (κ2) is 18.8. The van der Waals surface area contributed by atoms with Gasteiger partial charge in [0.15, 0.2) is 5.78 Å². The normalized spacial score (nSPS) is 15.5. The molecular weight excluding hydrogens is 744 g/mol. The molecule has 3 aromatic carbocycles. The SMILES string of the molecule is CC(C)(C)N(CCCCCCC(=O)N[C@@H](Cc1ccccc1)C(=O)N1C/C(=C\c2ccc(Cl)c(Cl)c2)C(=O)/C(=C/c2ccc(Cl)c(Cl)c2)C1)C(=O)O. The molecule has 0 saturated carbocycles. The Morgan fingerprint density at radius 1 is 0.808 bits per heavy atom. The minimum Gasteiger partial charge on any atom is -0.465 e. The van der Waals surface area contributed by atoms with E-state index in [1.807, 2.05) is 51.1 Å². The molecule has 1 aliphatic rings. The summed E-state index contributed by atoms with van der Waals surface area (Å²) < 4.78 is 0. The molecule has 0 radical (unpaired) electrons. The van der Waals surface area contributed by atoms with Gasteiger partial charge < -0.3 is 20.2 Å². The molecule has 0 aromatic heterocycles. The summed E-state index contributed by atoms with van der Waals surface area (Å²) in [4.78, 5) is 56.1. The van der Waals surface area contributed by atoms with E-state index >= 15 is 0 Å². The van der Waals surface area contributed by atoms with Gasteiger partial charge in [0.1, 0.15) is 6.04 Å². The Kier molecular flexibility index (Phi) is 14.8. The summed E-state index contributed by atoms with van der Waals surface area (Å²) in [5, 5.41) is 13.9. The highest BCUT2D eigenvalue weighted by Crippen LogP contribution is 2.29. The largest absolute Gasteiger partial charge is 0.465 e. The highest BCUT2D eigenvalue weighted by molar-refractivity contribution is 6.42. The zero-order valence-corrected chi connectivity index (χ0v) is 32.5. The van der Waals surface area contributed by atoms with Crippen molar-refractivity contribution < 1.29 is 24.3 Å². The van der Waals surface area contributed by atoms with Crippen LogP contribution in [0.15, 0.2) is 77.9 Å². The van der Waals surface area contributed by atoms with Gasteiger partial charge in [-0.1, -0.05) is 102 Å². The molecule has 52 heavy (non-hydrogen) atoms. The lowest BCUT2D eigenvalue weighted by atomic mass is 9.93. The molecule has 1 aliphatic heterocycles. The monoisotopic (exact) mass is 785 g/mol. The van der Waals surface area contributed by atoms with Crippen LogP contribution in [0.1, 0.15) is 69.6 Å². The number of carbonyl (C=O) groups is 4. The van der Waals surface area contributed by atoms with Gasteiger partial charge in [-0.3, -0.25) is 14.4 Å². The fourth-order valence-electron chi connectivity index (χ4n) is 5.97. The van der Waals surface area contributed by atoms with Crippen molar-refractivity contribution >= 4 is 82.2 Å². The molecule has 8 nitrogen and oxygen atoms in total. The van der Waals surface area contributed by atoms with Gasteiger partial charge in [0.2, 0.25) is 11.8 Å². The number of likely N-dealkylation sites (tertiary alicyclic amines) is 1. The predicted molar refractivity (Wildman–Crippen MR) is 210 cm³/mol. The number of unbranched alkanes of at least 4 members (excludes halogenated alkanes) is 3. The molecular formula is C40H43Cl4N3O5. The van der Waals surface area contributed by atoms with Gasteiger partial charge in [-0.15, -0.1) is 0 Å². The van der Waals surface area contributed by atoms with Gasteiger partial charge in [0, 0.05) is 49.2 Å². The van der Waals surface area contributed by atoms with Crippen LogP contribution < -0.4 is 5.32 Å². The predicted octanol–water partition coefficient (Wildman–Crippen LogP) is 9.63. The molecule has 0 aliphatic carbocycles. The number of hydrogen-bond acceptors (Lipinski definition) is 4. The number of ketones is 1. The number of carboxylic acid groups (broad SMARTS) is 1. The van der Waals surface area contributed by atoms with E-state index in [1.54, 1.807) is 53.5 Å². The summed E-state index contributed by atoms with van der Waals surface area (Å²) in [5.74, 6) is -0.832. The molecule has 4 rings (SSSR count). The number of nitrogens with one attached hydrogen (secondary N) is 1. The summed E-state index contributed by atoms with van der Waals surface area (Å²) in [6.45, 7) is 6.03. The first-order chi connectivity index (χ1) is 24.6. The minimum atomic E-state index is -0.951. The van der Waals surface area contributed by atoms with Gasteiger partial charge in [0.05, 0.1) is 20.1 Å². The summed E-state index contributed by atoms with van der Waals surface area (Å²) in [5.41, 5.74) is 2.39. The first-order valence-electron chi connectivity index (χ1n) is 17.1. The fourth-order valence-corrected chi connectivity index (χ4v) is 6.58. The van der Waals surface area contributed by atoms with Gasteiger partial charge in [-0.05, 0) is 86.7 Å². The maximum atomic E-state index is 14.4. The Balaban J connectivity index is 1.53. The van der Waals surface area contributed by atoms with E-state index < -0.39 is 17.7 Å². The van der Waals surface area contributed by atoms with Crippen LogP contribution in [0.4, 0.5) is 4.79 Å². The van der Waals surface area contributed by atoms with Crippen molar-refractivity contribution in [3.8, 4) is 0 Å². The Bertz CT molecular complexity index is 1760. The number of hydrogen-bond donors (Lipinski definition) is 2. The van der Waals surface area contributed by atoms with Crippen LogP contribution in [0.25, 0.3) is 12.2 Å². The van der Waals surface area contributed by atoms with E-state index in [2.05, 4.69) is 5.32 Å². The third-order valence-electron chi connectivity index (χ3n) is 8.68.